The maximum Gasteiger partial charge on any atom is 0.291 e. The van der Waals surface area contributed by atoms with Crippen LogP contribution in [0.5, 0.6) is 5.75 Å². The van der Waals surface area contributed by atoms with Crippen molar-refractivity contribution in [3.8, 4) is 5.75 Å². The minimum Gasteiger partial charge on any atom is -0.485 e. The van der Waals surface area contributed by atoms with Crippen LogP contribution in [0.2, 0.25) is 0 Å². The zero-order chi connectivity index (χ0) is 20.3. The van der Waals surface area contributed by atoms with Crippen LogP contribution in [0.25, 0.3) is 0 Å². The van der Waals surface area contributed by atoms with Crippen LogP contribution >= 0.6 is 0 Å². The van der Waals surface area contributed by atoms with E-state index in [4.69, 9.17) is 9.15 Å². The molecule has 0 unspecified atom stereocenters. The summed E-state index contributed by atoms with van der Waals surface area (Å²) in [5.41, 5.74) is 5.27. The Hall–Kier alpha value is -3.01. The van der Waals surface area contributed by atoms with Gasteiger partial charge in [-0.2, -0.15) is 0 Å². The molecule has 1 heterocycles. The molecule has 0 aliphatic rings. The van der Waals surface area contributed by atoms with E-state index in [-0.39, 0.29) is 18.3 Å². The van der Waals surface area contributed by atoms with Gasteiger partial charge in [0.2, 0.25) is 0 Å². The molecular formula is C24H27NO3. The number of rotatable bonds is 6. The van der Waals surface area contributed by atoms with Gasteiger partial charge in [0.15, 0.2) is 5.76 Å². The zero-order valence-electron chi connectivity index (χ0n) is 17.1. The molecule has 0 aliphatic carbocycles. The van der Waals surface area contributed by atoms with Crippen molar-refractivity contribution in [2.75, 3.05) is 5.32 Å². The van der Waals surface area contributed by atoms with Crippen molar-refractivity contribution in [1.82, 2.24) is 0 Å². The Kier molecular flexibility index (Phi) is 5.88. The van der Waals surface area contributed by atoms with E-state index in [1.165, 1.54) is 0 Å². The summed E-state index contributed by atoms with van der Waals surface area (Å²) in [6.07, 6.45) is 0. The fourth-order valence-electron chi connectivity index (χ4n) is 3.04. The summed E-state index contributed by atoms with van der Waals surface area (Å²) < 4.78 is 11.7. The molecule has 3 rings (SSSR count). The minimum atomic E-state index is -0.265. The first kappa shape index (κ1) is 19.7. The molecule has 1 amide bonds. The zero-order valence-corrected chi connectivity index (χ0v) is 17.1. The maximum absolute atomic E-state index is 12.5. The first-order chi connectivity index (χ1) is 13.3. The average Bonchev–Trinajstić information content (AvgIpc) is 3.13. The lowest BCUT2D eigenvalue weighted by Crippen LogP contribution is -2.12. The standard InChI is InChI=1S/C24H27NO3/c1-15(2)20-11-9-16(3)13-23(20)27-14-19-10-12-22(28-19)24(26)25-21-8-6-7-17(4)18(21)5/h6-13,15H,14H2,1-5H3,(H,25,26). The molecule has 0 saturated carbocycles. The molecule has 1 N–H and O–H groups in total. The van der Waals surface area contributed by atoms with Crippen LogP contribution < -0.4 is 10.1 Å². The van der Waals surface area contributed by atoms with E-state index in [9.17, 15) is 4.79 Å². The van der Waals surface area contributed by atoms with Gasteiger partial charge in [0.05, 0.1) is 0 Å². The first-order valence-corrected chi connectivity index (χ1v) is 9.54. The van der Waals surface area contributed by atoms with Crippen molar-refractivity contribution in [2.24, 2.45) is 0 Å². The quantitative estimate of drug-likeness (QED) is 0.560. The van der Waals surface area contributed by atoms with Crippen molar-refractivity contribution in [2.45, 2.75) is 47.1 Å². The topological polar surface area (TPSA) is 51.5 Å². The molecule has 0 aliphatic heterocycles. The Balaban J connectivity index is 1.68. The molecule has 28 heavy (non-hydrogen) atoms. The number of amides is 1. The number of benzene rings is 2. The van der Waals surface area contributed by atoms with E-state index in [0.717, 1.165) is 33.7 Å². The lowest BCUT2D eigenvalue weighted by molar-refractivity contribution is 0.0992. The van der Waals surface area contributed by atoms with Crippen LogP contribution in [0, 0.1) is 20.8 Å². The second kappa shape index (κ2) is 8.34. The van der Waals surface area contributed by atoms with Crippen LogP contribution in [0.4, 0.5) is 5.69 Å². The molecule has 3 aromatic rings. The maximum atomic E-state index is 12.5. The van der Waals surface area contributed by atoms with E-state index in [1.807, 2.05) is 45.0 Å². The van der Waals surface area contributed by atoms with E-state index in [2.05, 4.69) is 31.3 Å². The third kappa shape index (κ3) is 4.45. The number of nitrogens with one attached hydrogen (secondary N) is 1. The second-order valence-electron chi connectivity index (χ2n) is 7.45. The lowest BCUT2D eigenvalue weighted by atomic mass is 10.0. The third-order valence-electron chi connectivity index (χ3n) is 4.90. The Labute approximate surface area is 166 Å². The number of hydrogen-bond acceptors (Lipinski definition) is 3. The van der Waals surface area contributed by atoms with Gasteiger partial charge < -0.3 is 14.5 Å². The van der Waals surface area contributed by atoms with Crippen molar-refractivity contribution >= 4 is 11.6 Å². The van der Waals surface area contributed by atoms with E-state index >= 15 is 0 Å². The Morgan fingerprint density at radius 1 is 1.07 bits per heavy atom. The first-order valence-electron chi connectivity index (χ1n) is 9.54. The van der Waals surface area contributed by atoms with Gasteiger partial charge in [-0.3, -0.25) is 4.79 Å². The number of ether oxygens (including phenoxy) is 1. The van der Waals surface area contributed by atoms with Gasteiger partial charge in [0.25, 0.3) is 5.91 Å². The highest BCUT2D eigenvalue weighted by Crippen LogP contribution is 2.28. The highest BCUT2D eigenvalue weighted by atomic mass is 16.5. The van der Waals surface area contributed by atoms with Gasteiger partial charge in [-0.1, -0.05) is 38.1 Å². The van der Waals surface area contributed by atoms with Crippen LogP contribution in [0.3, 0.4) is 0 Å². The van der Waals surface area contributed by atoms with Crippen molar-refractivity contribution in [1.29, 1.82) is 0 Å². The van der Waals surface area contributed by atoms with Gasteiger partial charge in [0.1, 0.15) is 18.1 Å². The molecule has 0 bridgehead atoms. The molecule has 0 radical (unpaired) electrons. The molecule has 0 spiro atoms. The summed E-state index contributed by atoms with van der Waals surface area (Å²) in [7, 11) is 0. The second-order valence-corrected chi connectivity index (χ2v) is 7.45. The number of aryl methyl sites for hydroxylation is 2. The van der Waals surface area contributed by atoms with Crippen molar-refractivity contribution < 1.29 is 13.9 Å². The summed E-state index contributed by atoms with van der Waals surface area (Å²) >= 11 is 0. The highest BCUT2D eigenvalue weighted by Gasteiger charge is 2.14. The predicted octanol–water partition coefficient (Wildman–Crippen LogP) is 6.16. The van der Waals surface area contributed by atoms with Gasteiger partial charge in [0, 0.05) is 5.69 Å². The normalized spacial score (nSPS) is 10.9. The van der Waals surface area contributed by atoms with E-state index in [0.29, 0.717) is 11.7 Å². The summed E-state index contributed by atoms with van der Waals surface area (Å²) in [6, 6.07) is 15.5. The van der Waals surface area contributed by atoms with Crippen molar-refractivity contribution in [3.63, 3.8) is 0 Å². The largest absolute Gasteiger partial charge is 0.485 e. The number of carbonyl (C=O) groups is 1. The van der Waals surface area contributed by atoms with Crippen LogP contribution in [0.1, 0.15) is 58.3 Å². The smallest absolute Gasteiger partial charge is 0.291 e. The minimum absolute atomic E-state index is 0.265. The fourth-order valence-corrected chi connectivity index (χ4v) is 3.04. The number of carbonyl (C=O) groups excluding carboxylic acids is 1. The summed E-state index contributed by atoms with van der Waals surface area (Å²) in [5.74, 6) is 1.84. The monoisotopic (exact) mass is 377 g/mol. The summed E-state index contributed by atoms with van der Waals surface area (Å²) in [6.45, 7) is 10.6. The van der Waals surface area contributed by atoms with Gasteiger partial charge in [-0.25, -0.2) is 0 Å². The number of anilines is 1. The average molecular weight is 377 g/mol. The fraction of sp³-hybridized carbons (Fsp3) is 0.292. The Morgan fingerprint density at radius 3 is 2.61 bits per heavy atom. The number of furan rings is 1. The Morgan fingerprint density at radius 2 is 1.86 bits per heavy atom. The van der Waals surface area contributed by atoms with Crippen molar-refractivity contribution in [3.05, 3.63) is 82.3 Å². The third-order valence-corrected chi connectivity index (χ3v) is 4.90. The highest BCUT2D eigenvalue weighted by molar-refractivity contribution is 6.02. The summed E-state index contributed by atoms with van der Waals surface area (Å²) in [4.78, 5) is 12.5. The molecule has 146 valence electrons. The Bertz CT molecular complexity index is 985. The van der Waals surface area contributed by atoms with E-state index in [1.54, 1.807) is 12.1 Å². The molecule has 4 heteroatoms. The molecule has 2 aromatic carbocycles. The molecule has 0 atom stereocenters. The molecular weight excluding hydrogens is 350 g/mol. The summed E-state index contributed by atoms with van der Waals surface area (Å²) in [5, 5.41) is 2.91. The molecule has 0 saturated heterocycles. The van der Waals surface area contributed by atoms with E-state index < -0.39 is 0 Å². The molecule has 0 fully saturated rings. The number of hydrogen-bond donors (Lipinski definition) is 1. The molecule has 1 aromatic heterocycles. The molecule has 4 nitrogen and oxygen atoms in total. The van der Waals surface area contributed by atoms with Gasteiger partial charge in [-0.15, -0.1) is 0 Å². The lowest BCUT2D eigenvalue weighted by Gasteiger charge is -2.14. The SMILES string of the molecule is Cc1ccc(C(C)C)c(OCc2ccc(C(=O)Nc3cccc(C)c3C)o2)c1. The van der Waals surface area contributed by atoms with Crippen LogP contribution in [-0.2, 0) is 6.61 Å². The predicted molar refractivity (Wildman–Crippen MR) is 112 cm³/mol. The van der Waals surface area contributed by atoms with Gasteiger partial charge in [-0.05, 0) is 73.2 Å². The van der Waals surface area contributed by atoms with Crippen LogP contribution in [-0.4, -0.2) is 5.91 Å². The van der Waals surface area contributed by atoms with Gasteiger partial charge >= 0.3 is 0 Å². The van der Waals surface area contributed by atoms with Crippen LogP contribution in [0.15, 0.2) is 52.9 Å².